The Balaban J connectivity index is 2.06. The van der Waals surface area contributed by atoms with Gasteiger partial charge in [-0.1, -0.05) is 6.92 Å². The average molecular weight is 335 g/mol. The molecule has 1 saturated heterocycles. The molecule has 2 N–H and O–H groups in total. The van der Waals surface area contributed by atoms with E-state index in [2.05, 4.69) is 17.0 Å². The van der Waals surface area contributed by atoms with Crippen LogP contribution in [-0.4, -0.2) is 32.5 Å². The van der Waals surface area contributed by atoms with Gasteiger partial charge in [-0.3, -0.25) is 0 Å². The first-order valence-corrected chi connectivity index (χ1v) is 10.4. The molecule has 1 unspecified atom stereocenters. The van der Waals surface area contributed by atoms with Crippen LogP contribution in [0.3, 0.4) is 0 Å². The minimum Gasteiger partial charge on any atom is -0.312 e. The van der Waals surface area contributed by atoms with Crippen LogP contribution in [0.25, 0.3) is 0 Å². The predicted octanol–water partition coefficient (Wildman–Crippen LogP) is 2.34. The molecule has 114 valence electrons. The fourth-order valence-electron chi connectivity index (χ4n) is 2.18. The Morgan fingerprint density at radius 1 is 1.45 bits per heavy atom. The van der Waals surface area contributed by atoms with Crippen molar-refractivity contribution in [1.29, 1.82) is 0 Å². The summed E-state index contributed by atoms with van der Waals surface area (Å²) in [5.41, 5.74) is 0. The van der Waals surface area contributed by atoms with Gasteiger partial charge in [-0.2, -0.15) is 11.8 Å². The van der Waals surface area contributed by atoms with Crippen molar-refractivity contribution in [2.75, 3.05) is 18.1 Å². The molecule has 0 aliphatic carbocycles. The Labute approximate surface area is 129 Å². The number of sulfonamides is 1. The standard InChI is InChI=1S/C13H22N2O2S3/c1-3-5-14-8-12-7-13(10(2)19-12)20(16,17)15-11-4-6-18-9-11/h7,11,14-15H,3-6,8-9H2,1-2H3. The summed E-state index contributed by atoms with van der Waals surface area (Å²) in [6, 6.07) is 1.90. The molecule has 1 aromatic rings. The SMILES string of the molecule is CCCNCc1cc(S(=O)(=O)NC2CCSC2)c(C)s1. The molecule has 0 bridgehead atoms. The van der Waals surface area contributed by atoms with Gasteiger partial charge < -0.3 is 5.32 Å². The molecule has 20 heavy (non-hydrogen) atoms. The lowest BCUT2D eigenvalue weighted by atomic mass is 10.3. The first-order valence-electron chi connectivity index (χ1n) is 6.93. The second kappa shape index (κ2) is 7.26. The number of thioether (sulfide) groups is 1. The first kappa shape index (κ1) is 16.3. The Morgan fingerprint density at radius 3 is 2.90 bits per heavy atom. The molecule has 0 radical (unpaired) electrons. The van der Waals surface area contributed by atoms with Crippen molar-refractivity contribution in [2.24, 2.45) is 0 Å². The minimum absolute atomic E-state index is 0.0889. The van der Waals surface area contributed by atoms with Gasteiger partial charge in [0.25, 0.3) is 0 Å². The van der Waals surface area contributed by atoms with E-state index in [1.807, 2.05) is 13.0 Å². The Bertz CT molecular complexity index is 534. The summed E-state index contributed by atoms with van der Waals surface area (Å²) in [4.78, 5) is 2.40. The highest BCUT2D eigenvalue weighted by atomic mass is 32.2. The normalized spacial score (nSPS) is 19.6. The van der Waals surface area contributed by atoms with Gasteiger partial charge in [-0.15, -0.1) is 11.3 Å². The summed E-state index contributed by atoms with van der Waals surface area (Å²) in [7, 11) is -3.36. The van der Waals surface area contributed by atoms with Crippen LogP contribution < -0.4 is 10.0 Å². The van der Waals surface area contributed by atoms with Gasteiger partial charge in [0.2, 0.25) is 10.0 Å². The quantitative estimate of drug-likeness (QED) is 0.752. The Morgan fingerprint density at radius 2 is 2.25 bits per heavy atom. The van der Waals surface area contributed by atoms with E-state index in [0.29, 0.717) is 4.90 Å². The van der Waals surface area contributed by atoms with Crippen molar-refractivity contribution in [3.05, 3.63) is 15.8 Å². The van der Waals surface area contributed by atoms with Crippen molar-refractivity contribution in [3.63, 3.8) is 0 Å². The highest BCUT2D eigenvalue weighted by molar-refractivity contribution is 7.99. The van der Waals surface area contributed by atoms with E-state index < -0.39 is 10.0 Å². The van der Waals surface area contributed by atoms with Gasteiger partial charge >= 0.3 is 0 Å². The third-order valence-electron chi connectivity index (χ3n) is 3.19. The molecule has 1 aromatic heterocycles. The van der Waals surface area contributed by atoms with E-state index in [9.17, 15) is 8.42 Å². The van der Waals surface area contributed by atoms with E-state index in [4.69, 9.17) is 0 Å². The van der Waals surface area contributed by atoms with Crippen LogP contribution in [-0.2, 0) is 16.6 Å². The van der Waals surface area contributed by atoms with Gasteiger partial charge in [0.05, 0.1) is 4.90 Å². The largest absolute Gasteiger partial charge is 0.312 e. The van der Waals surface area contributed by atoms with Gasteiger partial charge in [0.1, 0.15) is 0 Å². The Hall–Kier alpha value is -0.0800. The minimum atomic E-state index is -3.36. The van der Waals surface area contributed by atoms with Crippen molar-refractivity contribution >= 4 is 33.1 Å². The lowest BCUT2D eigenvalue weighted by Gasteiger charge is -2.11. The van der Waals surface area contributed by atoms with Crippen LogP contribution >= 0.6 is 23.1 Å². The molecule has 1 aliphatic heterocycles. The monoisotopic (exact) mass is 334 g/mol. The molecule has 2 rings (SSSR count). The number of hydrogen-bond acceptors (Lipinski definition) is 5. The molecule has 2 heterocycles. The molecule has 4 nitrogen and oxygen atoms in total. The number of thiophene rings is 1. The lowest BCUT2D eigenvalue weighted by Crippen LogP contribution is -2.34. The van der Waals surface area contributed by atoms with Crippen LogP contribution in [0, 0.1) is 6.92 Å². The van der Waals surface area contributed by atoms with E-state index in [-0.39, 0.29) is 6.04 Å². The molecule has 0 amide bonds. The molecule has 0 spiro atoms. The number of aryl methyl sites for hydroxylation is 1. The van der Waals surface area contributed by atoms with E-state index >= 15 is 0 Å². The van der Waals surface area contributed by atoms with Crippen LogP contribution in [0.15, 0.2) is 11.0 Å². The van der Waals surface area contributed by atoms with Crippen LogP contribution in [0.1, 0.15) is 29.5 Å². The molecule has 7 heteroatoms. The average Bonchev–Trinajstić information content (AvgIpc) is 2.99. The zero-order chi connectivity index (χ0) is 14.6. The third kappa shape index (κ3) is 4.21. The molecule has 1 atom stereocenters. The number of hydrogen-bond donors (Lipinski definition) is 2. The maximum atomic E-state index is 12.4. The molecular weight excluding hydrogens is 312 g/mol. The molecule has 0 saturated carbocycles. The zero-order valence-corrected chi connectivity index (χ0v) is 14.4. The van der Waals surface area contributed by atoms with E-state index in [1.54, 1.807) is 23.1 Å². The second-order valence-electron chi connectivity index (χ2n) is 4.99. The predicted molar refractivity (Wildman–Crippen MR) is 87.1 cm³/mol. The molecule has 0 aromatic carbocycles. The van der Waals surface area contributed by atoms with E-state index in [1.165, 1.54) is 0 Å². The van der Waals surface area contributed by atoms with Crippen LogP contribution in [0.4, 0.5) is 0 Å². The van der Waals surface area contributed by atoms with Crippen LogP contribution in [0.5, 0.6) is 0 Å². The summed E-state index contributed by atoms with van der Waals surface area (Å²) in [5.74, 6) is 1.93. The van der Waals surface area contributed by atoms with Gasteiger partial charge in [0.15, 0.2) is 0 Å². The smallest absolute Gasteiger partial charge is 0.241 e. The first-order chi connectivity index (χ1) is 9.53. The van der Waals surface area contributed by atoms with E-state index in [0.717, 1.165) is 47.2 Å². The molecule has 1 fully saturated rings. The van der Waals surface area contributed by atoms with Gasteiger partial charge in [-0.05, 0) is 38.1 Å². The lowest BCUT2D eigenvalue weighted by molar-refractivity contribution is 0.563. The Kier molecular flexibility index (Phi) is 5.92. The number of nitrogens with one attached hydrogen (secondary N) is 2. The topological polar surface area (TPSA) is 58.2 Å². The number of rotatable bonds is 7. The fourth-order valence-corrected chi connectivity index (χ4v) is 6.31. The van der Waals surface area contributed by atoms with Crippen LogP contribution in [0.2, 0.25) is 0 Å². The zero-order valence-electron chi connectivity index (χ0n) is 11.9. The molecule has 1 aliphatic rings. The summed E-state index contributed by atoms with van der Waals surface area (Å²) < 4.78 is 27.7. The van der Waals surface area contributed by atoms with Crippen molar-refractivity contribution < 1.29 is 8.42 Å². The van der Waals surface area contributed by atoms with Gasteiger partial charge in [-0.25, -0.2) is 13.1 Å². The summed E-state index contributed by atoms with van der Waals surface area (Å²) in [6.07, 6.45) is 2.01. The summed E-state index contributed by atoms with van der Waals surface area (Å²) in [6.45, 7) is 5.70. The third-order valence-corrected chi connectivity index (χ3v) is 7.18. The summed E-state index contributed by atoms with van der Waals surface area (Å²) >= 11 is 3.37. The maximum Gasteiger partial charge on any atom is 0.241 e. The maximum absolute atomic E-state index is 12.4. The van der Waals surface area contributed by atoms with Crippen molar-refractivity contribution in [2.45, 2.75) is 44.2 Å². The molecular formula is C13H22N2O2S3. The summed E-state index contributed by atoms with van der Waals surface area (Å²) in [5, 5.41) is 3.31. The second-order valence-corrected chi connectivity index (χ2v) is 9.16. The van der Waals surface area contributed by atoms with Crippen molar-refractivity contribution in [3.8, 4) is 0 Å². The fraction of sp³-hybridized carbons (Fsp3) is 0.692. The highest BCUT2D eigenvalue weighted by Crippen LogP contribution is 2.27. The van der Waals surface area contributed by atoms with Gasteiger partial charge in [0, 0.05) is 28.1 Å². The van der Waals surface area contributed by atoms with Crippen molar-refractivity contribution in [1.82, 2.24) is 10.0 Å². The highest BCUT2D eigenvalue weighted by Gasteiger charge is 2.25.